The van der Waals surface area contributed by atoms with E-state index < -0.39 is 11.6 Å². The lowest BCUT2D eigenvalue weighted by atomic mass is 9.83. The summed E-state index contributed by atoms with van der Waals surface area (Å²) in [5.41, 5.74) is 1.11. The largest absolute Gasteiger partial charge is 0.469 e. The standard InChI is InChI=1S/C12H12F2O2/c1-16-12(15)8-3-2-7-4-9(13)6-11(14)10(7)5-8/h4,6,8H,2-3,5H2,1H3. The van der Waals surface area contributed by atoms with E-state index in [1.807, 2.05) is 0 Å². The Bertz CT molecular complexity index is 429. The number of carbonyl (C=O) groups excluding carboxylic acids is 1. The molecule has 0 bridgehead atoms. The zero-order valence-electron chi connectivity index (χ0n) is 8.93. The summed E-state index contributed by atoms with van der Waals surface area (Å²) in [6, 6.07) is 2.20. The predicted molar refractivity (Wildman–Crippen MR) is 53.9 cm³/mol. The van der Waals surface area contributed by atoms with E-state index in [4.69, 9.17) is 0 Å². The number of halogens is 2. The van der Waals surface area contributed by atoms with Crippen molar-refractivity contribution in [1.29, 1.82) is 0 Å². The first-order valence-electron chi connectivity index (χ1n) is 5.16. The Labute approximate surface area is 92.2 Å². The summed E-state index contributed by atoms with van der Waals surface area (Å²) < 4.78 is 31.1. The average molecular weight is 226 g/mol. The molecule has 1 atom stereocenters. The number of ether oxygens (including phenoxy) is 1. The van der Waals surface area contributed by atoms with E-state index in [1.54, 1.807) is 0 Å². The molecule has 4 heteroatoms. The molecular weight excluding hydrogens is 214 g/mol. The maximum Gasteiger partial charge on any atom is 0.309 e. The molecule has 0 aromatic heterocycles. The van der Waals surface area contributed by atoms with Gasteiger partial charge in [-0.15, -0.1) is 0 Å². The molecule has 0 spiro atoms. The van der Waals surface area contributed by atoms with Gasteiger partial charge >= 0.3 is 5.97 Å². The summed E-state index contributed by atoms with van der Waals surface area (Å²) >= 11 is 0. The number of rotatable bonds is 1. The van der Waals surface area contributed by atoms with E-state index in [1.165, 1.54) is 13.2 Å². The fraction of sp³-hybridized carbons (Fsp3) is 0.417. The Morgan fingerprint density at radius 2 is 2.19 bits per heavy atom. The minimum Gasteiger partial charge on any atom is -0.469 e. The Morgan fingerprint density at radius 1 is 1.44 bits per heavy atom. The van der Waals surface area contributed by atoms with Gasteiger partial charge in [0.1, 0.15) is 11.6 Å². The predicted octanol–water partition coefficient (Wildman–Crippen LogP) is 2.24. The number of hydrogen-bond donors (Lipinski definition) is 0. The van der Waals surface area contributed by atoms with E-state index in [9.17, 15) is 13.6 Å². The van der Waals surface area contributed by atoms with Crippen LogP contribution in [0.1, 0.15) is 17.5 Å². The maximum atomic E-state index is 13.5. The second-order valence-corrected chi connectivity index (χ2v) is 3.99. The number of benzene rings is 1. The first-order valence-corrected chi connectivity index (χ1v) is 5.16. The molecule has 1 aliphatic carbocycles. The number of hydrogen-bond acceptors (Lipinski definition) is 2. The second-order valence-electron chi connectivity index (χ2n) is 3.99. The van der Waals surface area contributed by atoms with Crippen LogP contribution in [-0.2, 0) is 22.4 Å². The van der Waals surface area contributed by atoms with Gasteiger partial charge in [-0.1, -0.05) is 0 Å². The molecule has 1 aliphatic rings. The summed E-state index contributed by atoms with van der Waals surface area (Å²) in [4.78, 5) is 11.3. The third kappa shape index (κ3) is 1.92. The molecule has 0 fully saturated rings. The van der Waals surface area contributed by atoms with Crippen molar-refractivity contribution in [2.24, 2.45) is 5.92 Å². The molecule has 16 heavy (non-hydrogen) atoms. The van der Waals surface area contributed by atoms with E-state index in [-0.39, 0.29) is 11.9 Å². The Morgan fingerprint density at radius 3 is 2.88 bits per heavy atom. The summed E-state index contributed by atoms with van der Waals surface area (Å²) in [6.45, 7) is 0. The third-order valence-electron chi connectivity index (χ3n) is 3.00. The van der Waals surface area contributed by atoms with Gasteiger partial charge in [-0.25, -0.2) is 8.78 Å². The lowest BCUT2D eigenvalue weighted by molar-refractivity contribution is -0.145. The second kappa shape index (κ2) is 4.20. The fourth-order valence-corrected chi connectivity index (χ4v) is 2.15. The molecule has 0 N–H and O–H groups in total. The van der Waals surface area contributed by atoms with Crippen LogP contribution in [-0.4, -0.2) is 13.1 Å². The van der Waals surface area contributed by atoms with E-state index >= 15 is 0 Å². The third-order valence-corrected chi connectivity index (χ3v) is 3.00. The molecule has 0 amide bonds. The Kier molecular flexibility index (Phi) is 2.90. The van der Waals surface area contributed by atoms with Crippen molar-refractivity contribution in [2.75, 3.05) is 7.11 Å². The molecule has 1 aromatic carbocycles. The molecule has 1 aromatic rings. The molecule has 86 valence electrons. The molecule has 0 heterocycles. The molecule has 2 nitrogen and oxygen atoms in total. The summed E-state index contributed by atoms with van der Waals surface area (Å²) in [5, 5.41) is 0. The van der Waals surface area contributed by atoms with Gasteiger partial charge in [-0.3, -0.25) is 4.79 Å². The number of methoxy groups -OCH3 is 1. The van der Waals surface area contributed by atoms with Crippen molar-refractivity contribution < 1.29 is 18.3 Å². The van der Waals surface area contributed by atoms with Crippen molar-refractivity contribution in [1.82, 2.24) is 0 Å². The summed E-state index contributed by atoms with van der Waals surface area (Å²) in [6.07, 6.45) is 1.40. The SMILES string of the molecule is COC(=O)C1CCc2cc(F)cc(F)c2C1. The zero-order chi connectivity index (χ0) is 11.7. The normalized spacial score (nSPS) is 19.1. The fourth-order valence-electron chi connectivity index (χ4n) is 2.15. The quantitative estimate of drug-likeness (QED) is 0.686. The van der Waals surface area contributed by atoms with Crippen LogP contribution in [0.4, 0.5) is 8.78 Å². The van der Waals surface area contributed by atoms with Crippen molar-refractivity contribution in [3.05, 3.63) is 34.9 Å². The number of carbonyl (C=O) groups is 1. The van der Waals surface area contributed by atoms with Gasteiger partial charge in [-0.05, 0) is 36.5 Å². The monoisotopic (exact) mass is 226 g/mol. The van der Waals surface area contributed by atoms with Crippen LogP contribution in [0.25, 0.3) is 0 Å². The van der Waals surface area contributed by atoms with Gasteiger partial charge in [0.15, 0.2) is 0 Å². The lowest BCUT2D eigenvalue weighted by Gasteiger charge is -2.23. The van der Waals surface area contributed by atoms with Gasteiger partial charge < -0.3 is 4.74 Å². The molecular formula is C12H12F2O2. The molecule has 1 unspecified atom stereocenters. The number of aryl methyl sites for hydroxylation is 1. The molecule has 0 radical (unpaired) electrons. The van der Waals surface area contributed by atoms with Crippen molar-refractivity contribution >= 4 is 5.97 Å². The topological polar surface area (TPSA) is 26.3 Å². The molecule has 0 saturated carbocycles. The first kappa shape index (κ1) is 11.0. The van der Waals surface area contributed by atoms with Gasteiger partial charge in [0.25, 0.3) is 0 Å². The van der Waals surface area contributed by atoms with Crippen molar-refractivity contribution in [3.63, 3.8) is 0 Å². The van der Waals surface area contributed by atoms with Crippen LogP contribution < -0.4 is 0 Å². The highest BCUT2D eigenvalue weighted by molar-refractivity contribution is 5.73. The van der Waals surface area contributed by atoms with Gasteiger partial charge in [0.05, 0.1) is 13.0 Å². The molecule has 0 aliphatic heterocycles. The summed E-state index contributed by atoms with van der Waals surface area (Å²) in [5.74, 6) is -1.76. The van der Waals surface area contributed by atoms with Crippen LogP contribution >= 0.6 is 0 Å². The van der Waals surface area contributed by atoms with E-state index in [0.29, 0.717) is 30.4 Å². The Hall–Kier alpha value is -1.45. The highest BCUT2D eigenvalue weighted by Gasteiger charge is 2.27. The minimum absolute atomic E-state index is 0.300. The highest BCUT2D eigenvalue weighted by atomic mass is 19.1. The zero-order valence-corrected chi connectivity index (χ0v) is 8.93. The van der Waals surface area contributed by atoms with Crippen LogP contribution in [0, 0.1) is 17.6 Å². The maximum absolute atomic E-state index is 13.5. The van der Waals surface area contributed by atoms with Gasteiger partial charge in [0.2, 0.25) is 0 Å². The highest BCUT2D eigenvalue weighted by Crippen LogP contribution is 2.29. The van der Waals surface area contributed by atoms with Gasteiger partial charge in [-0.2, -0.15) is 0 Å². The minimum atomic E-state index is -0.566. The van der Waals surface area contributed by atoms with Crippen LogP contribution in [0.2, 0.25) is 0 Å². The average Bonchev–Trinajstić information content (AvgIpc) is 2.27. The Balaban J connectivity index is 2.30. The van der Waals surface area contributed by atoms with Crippen molar-refractivity contribution in [3.8, 4) is 0 Å². The molecule has 2 rings (SSSR count). The number of esters is 1. The first-order chi connectivity index (χ1) is 7.61. The summed E-state index contributed by atoms with van der Waals surface area (Å²) in [7, 11) is 1.32. The van der Waals surface area contributed by atoms with Crippen LogP contribution in [0.15, 0.2) is 12.1 Å². The van der Waals surface area contributed by atoms with Crippen LogP contribution in [0.5, 0.6) is 0 Å². The van der Waals surface area contributed by atoms with E-state index in [2.05, 4.69) is 4.74 Å². The van der Waals surface area contributed by atoms with Gasteiger partial charge in [0, 0.05) is 6.07 Å². The van der Waals surface area contributed by atoms with Crippen LogP contribution in [0.3, 0.4) is 0 Å². The van der Waals surface area contributed by atoms with Crippen molar-refractivity contribution in [2.45, 2.75) is 19.3 Å². The molecule has 0 saturated heterocycles. The lowest BCUT2D eigenvalue weighted by Crippen LogP contribution is -2.24. The number of fused-ring (bicyclic) bond motifs is 1. The smallest absolute Gasteiger partial charge is 0.309 e. The van der Waals surface area contributed by atoms with E-state index in [0.717, 1.165) is 6.07 Å².